The van der Waals surface area contributed by atoms with Crippen LogP contribution >= 0.6 is 0 Å². The van der Waals surface area contributed by atoms with E-state index in [1.165, 1.54) is 12.1 Å². The molecule has 2 aromatic carbocycles. The molecule has 3 atom stereocenters. The van der Waals surface area contributed by atoms with Gasteiger partial charge in [0.1, 0.15) is 11.9 Å². The first-order chi connectivity index (χ1) is 14.7. The van der Waals surface area contributed by atoms with Crippen molar-refractivity contribution in [3.05, 3.63) is 65.5 Å². The van der Waals surface area contributed by atoms with Crippen molar-refractivity contribution < 1.29 is 22.8 Å². The van der Waals surface area contributed by atoms with E-state index in [2.05, 4.69) is 20.6 Å². The Kier molecular flexibility index (Phi) is 5.43. The molecule has 1 fully saturated rings. The van der Waals surface area contributed by atoms with E-state index in [1.54, 1.807) is 6.92 Å². The van der Waals surface area contributed by atoms with E-state index in [1.807, 2.05) is 24.3 Å². The summed E-state index contributed by atoms with van der Waals surface area (Å²) in [6.45, 7) is 1.64. The summed E-state index contributed by atoms with van der Waals surface area (Å²) in [6.07, 6.45) is -3.74. The van der Waals surface area contributed by atoms with Gasteiger partial charge in [-0.2, -0.15) is 13.2 Å². The maximum atomic E-state index is 12.6. The molecule has 1 heterocycles. The van der Waals surface area contributed by atoms with E-state index in [0.717, 1.165) is 29.0 Å². The summed E-state index contributed by atoms with van der Waals surface area (Å²) >= 11 is 0. The molecule has 3 N–H and O–H groups in total. The summed E-state index contributed by atoms with van der Waals surface area (Å²) in [4.78, 5) is 32.5. The Bertz CT molecular complexity index is 1070. The molecule has 0 saturated heterocycles. The molecule has 0 aliphatic heterocycles. The lowest BCUT2D eigenvalue weighted by atomic mass is 10.1. The number of carbonyl (C=O) groups excluding carboxylic acids is 2. The van der Waals surface area contributed by atoms with Gasteiger partial charge in [0.2, 0.25) is 11.8 Å². The van der Waals surface area contributed by atoms with Crippen molar-refractivity contribution in [2.45, 2.75) is 38.0 Å². The second kappa shape index (κ2) is 8.05. The number of amides is 2. The van der Waals surface area contributed by atoms with Crippen LogP contribution in [0.15, 0.2) is 48.5 Å². The summed E-state index contributed by atoms with van der Waals surface area (Å²) < 4.78 is 37.8. The SMILES string of the molecule is CC(NC(=O)C1CC1c1nc2ccccc2[nH]1)C(=O)NCc1ccc(C(F)(F)F)cc1. The molecule has 0 radical (unpaired) electrons. The Balaban J connectivity index is 1.26. The number of nitrogens with one attached hydrogen (secondary N) is 3. The average Bonchev–Trinajstić information content (AvgIpc) is 3.43. The van der Waals surface area contributed by atoms with Crippen LogP contribution in [0, 0.1) is 5.92 Å². The van der Waals surface area contributed by atoms with Crippen molar-refractivity contribution >= 4 is 22.8 Å². The lowest BCUT2D eigenvalue weighted by Gasteiger charge is -2.14. The fourth-order valence-electron chi connectivity index (χ4n) is 3.47. The molecule has 0 spiro atoms. The molecule has 31 heavy (non-hydrogen) atoms. The van der Waals surface area contributed by atoms with E-state index in [9.17, 15) is 22.8 Å². The van der Waals surface area contributed by atoms with Gasteiger partial charge >= 0.3 is 6.18 Å². The molecule has 3 aromatic rings. The predicted molar refractivity (Wildman–Crippen MR) is 108 cm³/mol. The van der Waals surface area contributed by atoms with Gasteiger partial charge in [0.25, 0.3) is 0 Å². The van der Waals surface area contributed by atoms with E-state index < -0.39 is 23.7 Å². The zero-order valence-electron chi connectivity index (χ0n) is 16.7. The molecule has 3 unspecified atom stereocenters. The molecule has 1 aromatic heterocycles. The number of H-pyrrole nitrogens is 1. The summed E-state index contributed by atoms with van der Waals surface area (Å²) in [5, 5.41) is 5.33. The summed E-state index contributed by atoms with van der Waals surface area (Å²) in [6, 6.07) is 11.4. The predicted octanol–water partition coefficient (Wildman–Crippen LogP) is 3.51. The molecule has 1 aliphatic carbocycles. The molecule has 1 aliphatic rings. The van der Waals surface area contributed by atoms with Crippen LogP contribution in [0.5, 0.6) is 0 Å². The first-order valence-corrected chi connectivity index (χ1v) is 9.91. The number of para-hydroxylation sites is 2. The molecule has 4 rings (SSSR count). The average molecular weight is 430 g/mol. The number of halogens is 3. The molecule has 162 valence electrons. The van der Waals surface area contributed by atoms with Crippen molar-refractivity contribution in [2.24, 2.45) is 5.92 Å². The van der Waals surface area contributed by atoms with Gasteiger partial charge in [0.15, 0.2) is 0 Å². The number of nitrogens with zero attached hydrogens (tertiary/aromatic N) is 1. The first-order valence-electron chi connectivity index (χ1n) is 9.91. The number of hydrogen-bond donors (Lipinski definition) is 3. The van der Waals surface area contributed by atoms with Crippen molar-refractivity contribution in [3.8, 4) is 0 Å². The molecular weight excluding hydrogens is 409 g/mol. The topological polar surface area (TPSA) is 86.9 Å². The molecule has 0 bridgehead atoms. The van der Waals surface area contributed by atoms with Gasteiger partial charge in [-0.3, -0.25) is 9.59 Å². The van der Waals surface area contributed by atoms with E-state index in [0.29, 0.717) is 12.0 Å². The van der Waals surface area contributed by atoms with E-state index in [4.69, 9.17) is 0 Å². The van der Waals surface area contributed by atoms with Crippen molar-refractivity contribution in [1.29, 1.82) is 0 Å². The Labute approximate surface area is 176 Å². The van der Waals surface area contributed by atoms with Crippen LogP contribution < -0.4 is 10.6 Å². The Hall–Kier alpha value is -3.36. The van der Waals surface area contributed by atoms with Gasteiger partial charge in [-0.15, -0.1) is 0 Å². The second-order valence-corrected chi connectivity index (χ2v) is 7.73. The number of fused-ring (bicyclic) bond motifs is 1. The Morgan fingerprint density at radius 3 is 2.55 bits per heavy atom. The molecule has 1 saturated carbocycles. The van der Waals surface area contributed by atoms with Crippen LogP contribution in [0.4, 0.5) is 13.2 Å². The van der Waals surface area contributed by atoms with Crippen LogP contribution in [0.2, 0.25) is 0 Å². The smallest absolute Gasteiger partial charge is 0.350 e. The summed E-state index contributed by atoms with van der Waals surface area (Å²) in [5.41, 5.74) is 1.55. The second-order valence-electron chi connectivity index (χ2n) is 7.73. The fourth-order valence-corrected chi connectivity index (χ4v) is 3.47. The first kappa shape index (κ1) is 20.9. The van der Waals surface area contributed by atoms with Gasteiger partial charge < -0.3 is 15.6 Å². The minimum Gasteiger partial charge on any atom is -0.350 e. The highest BCUT2D eigenvalue weighted by molar-refractivity contribution is 5.90. The van der Waals surface area contributed by atoms with Crippen LogP contribution in [-0.4, -0.2) is 27.8 Å². The number of carbonyl (C=O) groups is 2. The van der Waals surface area contributed by atoms with Gasteiger partial charge in [-0.25, -0.2) is 4.98 Å². The molecule has 6 nitrogen and oxygen atoms in total. The highest BCUT2D eigenvalue weighted by atomic mass is 19.4. The standard InChI is InChI=1S/C22H21F3N4O2/c1-12(20(30)26-11-13-6-8-14(9-7-13)22(23,24)25)27-21(31)16-10-15(16)19-28-17-4-2-3-5-18(17)29-19/h2-9,12,15-16H,10-11H2,1H3,(H,26,30)(H,27,31)(H,28,29). The van der Waals surface area contributed by atoms with Crippen LogP contribution in [-0.2, 0) is 22.3 Å². The van der Waals surface area contributed by atoms with Crippen LogP contribution in [0.25, 0.3) is 11.0 Å². The number of alkyl halides is 3. The van der Waals surface area contributed by atoms with Crippen LogP contribution in [0.1, 0.15) is 36.2 Å². The van der Waals surface area contributed by atoms with Crippen LogP contribution in [0.3, 0.4) is 0 Å². The summed E-state index contributed by atoms with van der Waals surface area (Å²) in [7, 11) is 0. The zero-order chi connectivity index (χ0) is 22.2. The number of hydrogen-bond acceptors (Lipinski definition) is 3. The minimum atomic E-state index is -4.40. The zero-order valence-corrected chi connectivity index (χ0v) is 16.7. The third kappa shape index (κ3) is 4.70. The number of aromatic nitrogens is 2. The monoisotopic (exact) mass is 430 g/mol. The highest BCUT2D eigenvalue weighted by Gasteiger charge is 2.46. The molecule has 2 amide bonds. The number of imidazole rings is 1. The van der Waals surface area contributed by atoms with E-state index in [-0.39, 0.29) is 24.3 Å². The third-order valence-corrected chi connectivity index (χ3v) is 5.39. The Morgan fingerprint density at radius 2 is 1.87 bits per heavy atom. The lowest BCUT2D eigenvalue weighted by Crippen LogP contribution is -2.45. The normalized spacial score (nSPS) is 19.1. The molecule has 9 heteroatoms. The molecular formula is C22H21F3N4O2. The third-order valence-electron chi connectivity index (χ3n) is 5.39. The van der Waals surface area contributed by atoms with Gasteiger partial charge in [-0.1, -0.05) is 24.3 Å². The maximum absolute atomic E-state index is 12.6. The number of benzene rings is 2. The van der Waals surface area contributed by atoms with Gasteiger partial charge in [0, 0.05) is 18.4 Å². The minimum absolute atomic E-state index is 0.00481. The largest absolute Gasteiger partial charge is 0.416 e. The number of rotatable bonds is 6. The number of aromatic amines is 1. The van der Waals surface area contributed by atoms with Crippen molar-refractivity contribution in [1.82, 2.24) is 20.6 Å². The maximum Gasteiger partial charge on any atom is 0.416 e. The van der Waals surface area contributed by atoms with Gasteiger partial charge in [0.05, 0.1) is 16.6 Å². The quantitative estimate of drug-likeness (QED) is 0.559. The fraction of sp³-hybridized carbons (Fsp3) is 0.318. The highest BCUT2D eigenvalue weighted by Crippen LogP contribution is 2.46. The Morgan fingerprint density at radius 1 is 1.16 bits per heavy atom. The van der Waals surface area contributed by atoms with Crippen molar-refractivity contribution in [2.75, 3.05) is 0 Å². The van der Waals surface area contributed by atoms with Gasteiger partial charge in [-0.05, 0) is 43.2 Å². The van der Waals surface area contributed by atoms with E-state index >= 15 is 0 Å². The summed E-state index contributed by atoms with van der Waals surface area (Å²) in [5.74, 6) is -0.113. The van der Waals surface area contributed by atoms with Crippen molar-refractivity contribution in [3.63, 3.8) is 0 Å². The lowest BCUT2D eigenvalue weighted by molar-refractivity contribution is -0.137.